The topological polar surface area (TPSA) is 3.24 Å². The van der Waals surface area contributed by atoms with E-state index in [1.807, 2.05) is 0 Å². The molecule has 1 fully saturated rings. The third-order valence-electron chi connectivity index (χ3n) is 2.03. The number of hydrogen-bond donors (Lipinski definition) is 0. The Kier molecular flexibility index (Phi) is 1.01. The van der Waals surface area contributed by atoms with Gasteiger partial charge in [0.25, 0.3) is 0 Å². The number of allylic oxidation sites excluding steroid dienone is 1. The van der Waals surface area contributed by atoms with Crippen LogP contribution in [0.2, 0.25) is 0 Å². The van der Waals surface area contributed by atoms with E-state index in [4.69, 9.17) is 0 Å². The molecule has 2 rings (SSSR count). The average molecular weight is 127 g/mol. The van der Waals surface area contributed by atoms with Gasteiger partial charge in [-0.05, 0) is 6.42 Å². The van der Waals surface area contributed by atoms with Gasteiger partial charge in [0, 0.05) is 25.2 Å². The van der Waals surface area contributed by atoms with Gasteiger partial charge in [-0.3, -0.25) is 0 Å². The van der Waals surface area contributed by atoms with Crippen LogP contribution in [0.25, 0.3) is 0 Å². The number of alkyl halides is 1. The lowest BCUT2D eigenvalue weighted by Crippen LogP contribution is -2.16. The quantitative estimate of drug-likeness (QED) is 0.474. The maximum atomic E-state index is 12.6. The van der Waals surface area contributed by atoms with Gasteiger partial charge in [0.2, 0.25) is 0 Å². The van der Waals surface area contributed by atoms with Crippen molar-refractivity contribution in [3.8, 4) is 0 Å². The molecule has 0 aromatic rings. The SMILES string of the molecule is F[C@@H]1CC2=CCCN2C1. The first kappa shape index (κ1) is 5.27. The van der Waals surface area contributed by atoms with Crippen LogP contribution >= 0.6 is 0 Å². The number of fused-ring (bicyclic) bond motifs is 1. The molecular formula is C7H10FN. The summed E-state index contributed by atoms with van der Waals surface area (Å²) in [7, 11) is 0. The van der Waals surface area contributed by atoms with Gasteiger partial charge in [-0.1, -0.05) is 6.08 Å². The molecule has 0 spiro atoms. The Morgan fingerprint density at radius 1 is 1.67 bits per heavy atom. The zero-order chi connectivity index (χ0) is 6.27. The Bertz CT molecular complexity index is 153. The summed E-state index contributed by atoms with van der Waals surface area (Å²) in [6.45, 7) is 1.70. The molecule has 0 N–H and O–H groups in total. The molecule has 0 bridgehead atoms. The first-order chi connectivity index (χ1) is 4.36. The third kappa shape index (κ3) is 0.732. The molecule has 50 valence electrons. The summed E-state index contributed by atoms with van der Waals surface area (Å²) in [5.41, 5.74) is 1.24. The van der Waals surface area contributed by atoms with Gasteiger partial charge in [-0.2, -0.15) is 0 Å². The standard InChI is InChI=1S/C7H10FN/c8-6-4-7-2-1-3-9(7)5-6/h2,6H,1,3-5H2/t6-/m1/s1. The van der Waals surface area contributed by atoms with Crippen molar-refractivity contribution in [1.82, 2.24) is 4.90 Å². The maximum Gasteiger partial charge on any atom is 0.123 e. The lowest BCUT2D eigenvalue weighted by Gasteiger charge is -2.11. The molecule has 9 heavy (non-hydrogen) atoms. The Hall–Kier alpha value is -0.530. The van der Waals surface area contributed by atoms with Crippen molar-refractivity contribution in [2.75, 3.05) is 13.1 Å². The number of rotatable bonds is 0. The van der Waals surface area contributed by atoms with E-state index in [9.17, 15) is 4.39 Å². The smallest absolute Gasteiger partial charge is 0.123 e. The van der Waals surface area contributed by atoms with Crippen molar-refractivity contribution in [2.45, 2.75) is 19.0 Å². The van der Waals surface area contributed by atoms with E-state index in [0.29, 0.717) is 13.0 Å². The molecule has 1 atom stereocenters. The van der Waals surface area contributed by atoms with Crippen LogP contribution in [0.3, 0.4) is 0 Å². The third-order valence-corrected chi connectivity index (χ3v) is 2.03. The minimum Gasteiger partial charge on any atom is -0.372 e. The Labute approximate surface area is 54.2 Å². The molecule has 0 aromatic heterocycles. The summed E-state index contributed by atoms with van der Waals surface area (Å²) >= 11 is 0. The monoisotopic (exact) mass is 127 g/mol. The predicted octanol–water partition coefficient (Wildman–Crippen LogP) is 1.32. The van der Waals surface area contributed by atoms with Crippen LogP contribution in [0.15, 0.2) is 11.8 Å². The first-order valence-electron chi connectivity index (χ1n) is 3.44. The second kappa shape index (κ2) is 1.72. The second-order valence-electron chi connectivity index (χ2n) is 2.73. The van der Waals surface area contributed by atoms with E-state index < -0.39 is 6.17 Å². The van der Waals surface area contributed by atoms with Gasteiger partial charge in [0.1, 0.15) is 6.17 Å². The van der Waals surface area contributed by atoms with E-state index in [2.05, 4.69) is 11.0 Å². The summed E-state index contributed by atoms with van der Waals surface area (Å²) < 4.78 is 12.6. The predicted molar refractivity (Wildman–Crippen MR) is 33.8 cm³/mol. The van der Waals surface area contributed by atoms with Gasteiger partial charge in [0.05, 0.1) is 0 Å². The van der Waals surface area contributed by atoms with E-state index in [1.54, 1.807) is 0 Å². The van der Waals surface area contributed by atoms with Crippen LogP contribution in [0.1, 0.15) is 12.8 Å². The van der Waals surface area contributed by atoms with Crippen LogP contribution in [0, 0.1) is 0 Å². The molecular weight excluding hydrogens is 117 g/mol. The normalized spacial score (nSPS) is 32.8. The highest BCUT2D eigenvalue weighted by Crippen LogP contribution is 2.27. The van der Waals surface area contributed by atoms with E-state index in [1.165, 1.54) is 5.70 Å². The van der Waals surface area contributed by atoms with Gasteiger partial charge >= 0.3 is 0 Å². The second-order valence-corrected chi connectivity index (χ2v) is 2.73. The van der Waals surface area contributed by atoms with Gasteiger partial charge in [-0.25, -0.2) is 4.39 Å². The first-order valence-corrected chi connectivity index (χ1v) is 3.44. The molecule has 2 heteroatoms. The lowest BCUT2D eigenvalue weighted by atomic mass is 10.3. The molecule has 0 radical (unpaired) electrons. The van der Waals surface area contributed by atoms with Crippen LogP contribution in [0.4, 0.5) is 4.39 Å². The summed E-state index contributed by atoms with van der Waals surface area (Å²) in [6.07, 6.45) is 3.36. The lowest BCUT2D eigenvalue weighted by molar-refractivity contribution is 0.308. The minimum atomic E-state index is -0.587. The molecule has 0 unspecified atom stereocenters. The average Bonchev–Trinajstić information content (AvgIpc) is 2.22. The van der Waals surface area contributed by atoms with Crippen LogP contribution in [0.5, 0.6) is 0 Å². The molecule has 0 aliphatic carbocycles. The Balaban J connectivity index is 2.15. The zero-order valence-corrected chi connectivity index (χ0v) is 5.31. The van der Waals surface area contributed by atoms with E-state index in [0.717, 1.165) is 13.0 Å². The molecule has 2 aliphatic heterocycles. The maximum absolute atomic E-state index is 12.6. The summed E-state index contributed by atoms with van der Waals surface area (Å²) in [4.78, 5) is 2.14. The number of nitrogens with zero attached hydrogens (tertiary/aromatic N) is 1. The highest BCUT2D eigenvalue weighted by Gasteiger charge is 2.27. The molecule has 1 nitrogen and oxygen atoms in total. The van der Waals surface area contributed by atoms with Crippen molar-refractivity contribution in [3.05, 3.63) is 11.8 Å². The number of halogens is 1. The van der Waals surface area contributed by atoms with Crippen LogP contribution < -0.4 is 0 Å². The highest BCUT2D eigenvalue weighted by atomic mass is 19.1. The largest absolute Gasteiger partial charge is 0.372 e. The molecule has 0 saturated carbocycles. The number of hydrogen-bond acceptors (Lipinski definition) is 1. The van der Waals surface area contributed by atoms with E-state index >= 15 is 0 Å². The molecule has 2 heterocycles. The fourth-order valence-electron chi connectivity index (χ4n) is 1.61. The Morgan fingerprint density at radius 3 is 3.33 bits per heavy atom. The fourth-order valence-corrected chi connectivity index (χ4v) is 1.61. The zero-order valence-electron chi connectivity index (χ0n) is 5.31. The van der Waals surface area contributed by atoms with Crippen LogP contribution in [-0.2, 0) is 0 Å². The van der Waals surface area contributed by atoms with Gasteiger partial charge in [-0.15, -0.1) is 0 Å². The Morgan fingerprint density at radius 2 is 2.56 bits per heavy atom. The minimum absolute atomic E-state index is 0.587. The van der Waals surface area contributed by atoms with Crippen molar-refractivity contribution in [3.63, 3.8) is 0 Å². The van der Waals surface area contributed by atoms with Crippen LogP contribution in [-0.4, -0.2) is 24.2 Å². The van der Waals surface area contributed by atoms with Gasteiger partial charge < -0.3 is 4.90 Å². The van der Waals surface area contributed by atoms with Crippen molar-refractivity contribution in [2.24, 2.45) is 0 Å². The van der Waals surface area contributed by atoms with Crippen molar-refractivity contribution < 1.29 is 4.39 Å². The van der Waals surface area contributed by atoms with Crippen molar-refractivity contribution >= 4 is 0 Å². The molecule has 1 saturated heterocycles. The van der Waals surface area contributed by atoms with Gasteiger partial charge in [0.15, 0.2) is 0 Å². The summed E-state index contributed by atoms with van der Waals surface area (Å²) in [6, 6.07) is 0. The van der Waals surface area contributed by atoms with Crippen molar-refractivity contribution in [1.29, 1.82) is 0 Å². The van der Waals surface area contributed by atoms with E-state index in [-0.39, 0.29) is 0 Å². The summed E-state index contributed by atoms with van der Waals surface area (Å²) in [5.74, 6) is 0. The molecule has 0 amide bonds. The highest BCUT2D eigenvalue weighted by molar-refractivity contribution is 5.13. The molecule has 2 aliphatic rings. The fraction of sp³-hybridized carbons (Fsp3) is 0.714. The molecule has 0 aromatic carbocycles. The summed E-state index contributed by atoms with van der Waals surface area (Å²) in [5, 5.41) is 0.